The molecule has 4 nitrogen and oxygen atoms in total. The van der Waals surface area contributed by atoms with Crippen LogP contribution in [0.25, 0.3) is 0 Å². The number of para-hydroxylation sites is 1. The summed E-state index contributed by atoms with van der Waals surface area (Å²) in [7, 11) is 1.53. The second-order valence-electron chi connectivity index (χ2n) is 4.51. The number of rotatable bonds is 6. The van der Waals surface area contributed by atoms with Gasteiger partial charge in [-0.25, -0.2) is 0 Å². The van der Waals surface area contributed by atoms with Crippen LogP contribution >= 0.6 is 15.9 Å². The number of carbonyl (C=O) groups excluding carboxylic acids is 1. The summed E-state index contributed by atoms with van der Waals surface area (Å²) in [6.45, 7) is -2.81. The first kappa shape index (κ1) is 17.2. The number of hydrogen-bond donors (Lipinski definition) is 1. The number of methoxy groups -OCH3 is 1. The quantitative estimate of drug-likeness (QED) is 0.817. The van der Waals surface area contributed by atoms with Gasteiger partial charge in [0.25, 0.3) is 5.91 Å². The van der Waals surface area contributed by atoms with Crippen LogP contribution in [0, 0.1) is 0 Å². The third-order valence-electron chi connectivity index (χ3n) is 3.03. The van der Waals surface area contributed by atoms with Crippen molar-refractivity contribution in [3.05, 3.63) is 58.1 Å². The number of ether oxygens (including phenoxy) is 2. The molecule has 122 valence electrons. The Labute approximate surface area is 140 Å². The lowest BCUT2D eigenvalue weighted by atomic mass is 10.1. The molecular formula is C16H14BrF2NO3. The molecule has 0 unspecified atom stereocenters. The molecule has 0 heterocycles. The summed E-state index contributed by atoms with van der Waals surface area (Å²) >= 11 is 3.34. The Bertz CT molecular complexity index is 695. The van der Waals surface area contributed by atoms with E-state index in [9.17, 15) is 13.6 Å². The molecule has 0 saturated heterocycles. The van der Waals surface area contributed by atoms with Gasteiger partial charge in [0.15, 0.2) is 0 Å². The topological polar surface area (TPSA) is 47.6 Å². The van der Waals surface area contributed by atoms with Crippen molar-refractivity contribution in [2.45, 2.75) is 13.2 Å². The van der Waals surface area contributed by atoms with Crippen molar-refractivity contribution in [2.75, 3.05) is 7.11 Å². The minimum Gasteiger partial charge on any atom is -0.496 e. The fraction of sp³-hybridized carbons (Fsp3) is 0.188. The van der Waals surface area contributed by atoms with Gasteiger partial charge in [-0.15, -0.1) is 0 Å². The number of alkyl halides is 2. The highest BCUT2D eigenvalue weighted by atomic mass is 79.9. The van der Waals surface area contributed by atoms with Crippen LogP contribution in [0.2, 0.25) is 0 Å². The summed E-state index contributed by atoms with van der Waals surface area (Å²) in [6, 6.07) is 11.2. The lowest BCUT2D eigenvalue weighted by molar-refractivity contribution is -0.0501. The lowest BCUT2D eigenvalue weighted by Gasteiger charge is -2.12. The maximum atomic E-state index is 12.4. The molecule has 1 amide bonds. The number of hydrogen-bond acceptors (Lipinski definition) is 3. The van der Waals surface area contributed by atoms with Gasteiger partial charge in [0.2, 0.25) is 0 Å². The second-order valence-corrected chi connectivity index (χ2v) is 5.43. The molecule has 0 atom stereocenters. The largest absolute Gasteiger partial charge is 0.496 e. The van der Waals surface area contributed by atoms with Gasteiger partial charge in [0.05, 0.1) is 12.7 Å². The van der Waals surface area contributed by atoms with E-state index >= 15 is 0 Å². The zero-order chi connectivity index (χ0) is 16.8. The van der Waals surface area contributed by atoms with Gasteiger partial charge in [-0.3, -0.25) is 4.79 Å². The molecular weight excluding hydrogens is 372 g/mol. The van der Waals surface area contributed by atoms with E-state index in [4.69, 9.17) is 4.74 Å². The fourth-order valence-corrected chi connectivity index (χ4v) is 2.42. The van der Waals surface area contributed by atoms with Crippen molar-refractivity contribution in [3.63, 3.8) is 0 Å². The summed E-state index contributed by atoms with van der Waals surface area (Å²) in [5, 5.41) is 2.67. The normalized spacial score (nSPS) is 10.5. The number of nitrogens with one attached hydrogen (secondary N) is 1. The number of amides is 1. The highest BCUT2D eigenvalue weighted by Gasteiger charge is 2.15. The van der Waals surface area contributed by atoms with Crippen LogP contribution in [-0.2, 0) is 6.54 Å². The van der Waals surface area contributed by atoms with Crippen molar-refractivity contribution in [3.8, 4) is 11.5 Å². The molecule has 0 aromatic heterocycles. The van der Waals surface area contributed by atoms with E-state index in [2.05, 4.69) is 26.0 Å². The average molecular weight is 386 g/mol. The van der Waals surface area contributed by atoms with Gasteiger partial charge in [0.1, 0.15) is 11.5 Å². The van der Waals surface area contributed by atoms with E-state index < -0.39 is 12.5 Å². The SMILES string of the molecule is COc1ccc(Br)cc1CNC(=O)c1ccccc1OC(F)F. The smallest absolute Gasteiger partial charge is 0.387 e. The van der Waals surface area contributed by atoms with Crippen molar-refractivity contribution < 1.29 is 23.0 Å². The van der Waals surface area contributed by atoms with Crippen LogP contribution < -0.4 is 14.8 Å². The Morgan fingerprint density at radius 1 is 1.22 bits per heavy atom. The molecule has 0 radical (unpaired) electrons. The van der Waals surface area contributed by atoms with Gasteiger partial charge in [-0.2, -0.15) is 8.78 Å². The second kappa shape index (κ2) is 7.92. The molecule has 2 aromatic carbocycles. The molecule has 0 fully saturated rings. The number of halogens is 3. The highest BCUT2D eigenvalue weighted by Crippen LogP contribution is 2.24. The van der Waals surface area contributed by atoms with Crippen LogP contribution in [-0.4, -0.2) is 19.6 Å². The van der Waals surface area contributed by atoms with E-state index in [0.29, 0.717) is 5.75 Å². The summed E-state index contributed by atoms with van der Waals surface area (Å²) < 4.78 is 35.2. The molecule has 0 spiro atoms. The predicted molar refractivity (Wildman–Crippen MR) is 84.9 cm³/mol. The van der Waals surface area contributed by atoms with E-state index in [1.807, 2.05) is 6.07 Å². The van der Waals surface area contributed by atoms with Gasteiger partial charge in [-0.1, -0.05) is 28.1 Å². The first-order chi connectivity index (χ1) is 11.0. The molecule has 7 heteroatoms. The van der Waals surface area contributed by atoms with Crippen molar-refractivity contribution in [1.29, 1.82) is 0 Å². The first-order valence-corrected chi connectivity index (χ1v) is 7.45. The fourth-order valence-electron chi connectivity index (χ4n) is 2.01. The summed E-state index contributed by atoms with van der Waals surface area (Å²) in [5.74, 6) is -0.0601. The number of benzene rings is 2. The van der Waals surface area contributed by atoms with E-state index in [1.54, 1.807) is 18.2 Å². The summed E-state index contributed by atoms with van der Waals surface area (Å²) in [4.78, 5) is 12.2. The number of carbonyl (C=O) groups is 1. The predicted octanol–water partition coefficient (Wildman–Crippen LogP) is 3.99. The van der Waals surface area contributed by atoms with Crippen LogP contribution in [0.4, 0.5) is 8.78 Å². The molecule has 23 heavy (non-hydrogen) atoms. The summed E-state index contributed by atoms with van der Waals surface area (Å²) in [6.07, 6.45) is 0. The average Bonchev–Trinajstić information content (AvgIpc) is 2.52. The standard InChI is InChI=1S/C16H14BrF2NO3/c1-22-13-7-6-11(17)8-10(13)9-20-15(21)12-4-2-3-5-14(12)23-16(18)19/h2-8,16H,9H2,1H3,(H,20,21). The molecule has 2 rings (SSSR count). The third kappa shape index (κ3) is 4.66. The molecule has 0 bridgehead atoms. The molecule has 0 aliphatic carbocycles. The lowest BCUT2D eigenvalue weighted by Crippen LogP contribution is -2.24. The van der Waals surface area contributed by atoms with Gasteiger partial charge >= 0.3 is 6.61 Å². The maximum absolute atomic E-state index is 12.4. The van der Waals surface area contributed by atoms with Crippen molar-refractivity contribution in [2.24, 2.45) is 0 Å². The molecule has 0 aliphatic rings. The van der Waals surface area contributed by atoms with E-state index in [-0.39, 0.29) is 17.9 Å². The molecule has 0 saturated carbocycles. The zero-order valence-corrected chi connectivity index (χ0v) is 13.8. The molecule has 1 N–H and O–H groups in total. The Balaban J connectivity index is 2.13. The first-order valence-electron chi connectivity index (χ1n) is 6.65. The minimum atomic E-state index is -2.99. The van der Waals surface area contributed by atoms with Crippen LogP contribution in [0.15, 0.2) is 46.9 Å². The minimum absolute atomic E-state index is 0.0433. The Morgan fingerprint density at radius 2 is 1.96 bits per heavy atom. The maximum Gasteiger partial charge on any atom is 0.387 e. The molecule has 0 aliphatic heterocycles. The van der Waals surface area contributed by atoms with Gasteiger partial charge < -0.3 is 14.8 Å². The van der Waals surface area contributed by atoms with Crippen LogP contribution in [0.1, 0.15) is 15.9 Å². The van der Waals surface area contributed by atoms with Gasteiger partial charge in [-0.05, 0) is 30.3 Å². The van der Waals surface area contributed by atoms with Gasteiger partial charge in [0, 0.05) is 16.6 Å². The monoisotopic (exact) mass is 385 g/mol. The Hall–Kier alpha value is -2.15. The third-order valence-corrected chi connectivity index (χ3v) is 3.52. The van der Waals surface area contributed by atoms with E-state index in [0.717, 1.165) is 10.0 Å². The molecule has 2 aromatic rings. The Kier molecular flexibility index (Phi) is 5.92. The Morgan fingerprint density at radius 3 is 2.65 bits per heavy atom. The van der Waals surface area contributed by atoms with Crippen molar-refractivity contribution >= 4 is 21.8 Å². The highest BCUT2D eigenvalue weighted by molar-refractivity contribution is 9.10. The van der Waals surface area contributed by atoms with Crippen LogP contribution in [0.5, 0.6) is 11.5 Å². The van der Waals surface area contributed by atoms with Crippen molar-refractivity contribution in [1.82, 2.24) is 5.32 Å². The van der Waals surface area contributed by atoms with Crippen LogP contribution in [0.3, 0.4) is 0 Å². The summed E-state index contributed by atoms with van der Waals surface area (Å²) in [5.41, 5.74) is 0.796. The van der Waals surface area contributed by atoms with E-state index in [1.165, 1.54) is 25.3 Å². The zero-order valence-electron chi connectivity index (χ0n) is 12.2.